The van der Waals surface area contributed by atoms with Gasteiger partial charge in [0.15, 0.2) is 0 Å². The minimum Gasteiger partial charge on any atom is -0.497 e. The van der Waals surface area contributed by atoms with Gasteiger partial charge in [0.2, 0.25) is 17.7 Å². The summed E-state index contributed by atoms with van der Waals surface area (Å²) in [7, 11) is 1.62. The van der Waals surface area contributed by atoms with Crippen molar-refractivity contribution in [2.75, 3.05) is 12.4 Å². The molecule has 0 bridgehead atoms. The summed E-state index contributed by atoms with van der Waals surface area (Å²) in [6, 6.07) is 18.5. The van der Waals surface area contributed by atoms with Gasteiger partial charge in [-0.25, -0.2) is 0 Å². The van der Waals surface area contributed by atoms with Gasteiger partial charge in [-0.15, -0.1) is 0 Å². The van der Waals surface area contributed by atoms with Gasteiger partial charge >= 0.3 is 0 Å². The Kier molecular flexibility index (Phi) is 6.35. The van der Waals surface area contributed by atoms with E-state index in [4.69, 9.17) is 9.15 Å². The topological polar surface area (TPSA) is 88.9 Å². The second kappa shape index (κ2) is 9.51. The lowest BCUT2D eigenvalue weighted by Crippen LogP contribution is -2.28. The van der Waals surface area contributed by atoms with Crippen LogP contribution < -0.4 is 10.1 Å². The fourth-order valence-electron chi connectivity index (χ4n) is 3.56. The number of nitrogens with one attached hydrogen (secondary N) is 1. The molecule has 0 radical (unpaired) electrons. The Morgan fingerprint density at radius 3 is 2.31 bits per heavy atom. The Morgan fingerprint density at radius 1 is 0.969 bits per heavy atom. The highest BCUT2D eigenvalue weighted by Gasteiger charge is 2.28. The number of amides is 3. The van der Waals surface area contributed by atoms with E-state index in [1.165, 1.54) is 4.90 Å². The maximum Gasteiger partial charge on any atom is 0.229 e. The van der Waals surface area contributed by atoms with Crippen molar-refractivity contribution in [1.82, 2.24) is 4.90 Å². The van der Waals surface area contributed by atoms with Crippen LogP contribution in [0.1, 0.15) is 30.6 Å². The van der Waals surface area contributed by atoms with E-state index >= 15 is 0 Å². The molecule has 32 heavy (non-hydrogen) atoms. The third-order valence-electron chi connectivity index (χ3n) is 5.37. The molecule has 1 saturated heterocycles. The van der Waals surface area contributed by atoms with Crippen LogP contribution in [0.2, 0.25) is 0 Å². The predicted octanol–water partition coefficient (Wildman–Crippen LogP) is 4.18. The van der Waals surface area contributed by atoms with E-state index in [-0.39, 0.29) is 43.5 Å². The highest BCUT2D eigenvalue weighted by Crippen LogP contribution is 2.25. The molecule has 3 aromatic rings. The van der Waals surface area contributed by atoms with Gasteiger partial charge in [-0.1, -0.05) is 12.1 Å². The number of hydrogen-bond acceptors (Lipinski definition) is 5. The van der Waals surface area contributed by atoms with Crippen molar-refractivity contribution in [2.45, 2.75) is 32.2 Å². The lowest BCUT2D eigenvalue weighted by atomic mass is 10.1. The summed E-state index contributed by atoms with van der Waals surface area (Å²) in [4.78, 5) is 37.1. The lowest BCUT2D eigenvalue weighted by molar-refractivity contribution is -0.139. The van der Waals surface area contributed by atoms with Crippen LogP contribution in [0.15, 0.2) is 65.1 Å². The molecule has 1 N–H and O–H groups in total. The van der Waals surface area contributed by atoms with Gasteiger partial charge < -0.3 is 14.5 Å². The van der Waals surface area contributed by atoms with Crippen LogP contribution >= 0.6 is 0 Å². The van der Waals surface area contributed by atoms with Gasteiger partial charge in [-0.3, -0.25) is 19.3 Å². The third kappa shape index (κ3) is 5.06. The van der Waals surface area contributed by atoms with Crippen molar-refractivity contribution < 1.29 is 23.5 Å². The third-order valence-corrected chi connectivity index (χ3v) is 5.37. The van der Waals surface area contributed by atoms with Crippen molar-refractivity contribution >= 4 is 23.4 Å². The molecule has 164 valence electrons. The summed E-state index contributed by atoms with van der Waals surface area (Å²) in [5.74, 6) is 1.86. The van der Waals surface area contributed by atoms with Gasteiger partial charge in [-0.2, -0.15) is 0 Å². The molecule has 0 saturated carbocycles. The molecular formula is C25H24N2O5. The molecule has 0 unspecified atom stereocenters. The first-order valence-corrected chi connectivity index (χ1v) is 10.5. The Labute approximate surface area is 186 Å². The van der Waals surface area contributed by atoms with Crippen molar-refractivity contribution in [2.24, 2.45) is 0 Å². The first kappa shape index (κ1) is 21.4. The van der Waals surface area contributed by atoms with Crippen LogP contribution in [0.25, 0.3) is 11.3 Å². The lowest BCUT2D eigenvalue weighted by Gasteiger charge is -2.14. The maximum absolute atomic E-state index is 12.3. The van der Waals surface area contributed by atoms with Crippen molar-refractivity contribution in [3.8, 4) is 17.1 Å². The van der Waals surface area contributed by atoms with Gasteiger partial charge in [-0.05, 0) is 54.1 Å². The van der Waals surface area contributed by atoms with E-state index in [9.17, 15) is 14.4 Å². The van der Waals surface area contributed by atoms with E-state index in [0.29, 0.717) is 12.1 Å². The van der Waals surface area contributed by atoms with Crippen molar-refractivity contribution in [1.29, 1.82) is 0 Å². The van der Waals surface area contributed by atoms with Gasteiger partial charge in [0.25, 0.3) is 0 Å². The molecule has 3 amide bonds. The van der Waals surface area contributed by atoms with E-state index < -0.39 is 0 Å². The molecule has 1 aliphatic heterocycles. The number of nitrogens with zero attached hydrogens (tertiary/aromatic N) is 1. The Morgan fingerprint density at radius 2 is 1.66 bits per heavy atom. The number of benzene rings is 2. The van der Waals surface area contributed by atoms with Crippen LogP contribution in [0.4, 0.5) is 5.69 Å². The number of aryl methyl sites for hydroxylation is 1. The molecule has 7 nitrogen and oxygen atoms in total. The van der Waals surface area contributed by atoms with Crippen LogP contribution in [0.5, 0.6) is 5.75 Å². The second-order valence-electron chi connectivity index (χ2n) is 7.61. The second-order valence-corrected chi connectivity index (χ2v) is 7.61. The van der Waals surface area contributed by atoms with Crippen molar-refractivity contribution in [3.63, 3.8) is 0 Å². The molecule has 1 aromatic heterocycles. The Hall–Kier alpha value is -3.87. The fourth-order valence-corrected chi connectivity index (χ4v) is 3.56. The number of anilines is 1. The standard InChI is InChI=1S/C25H24N2O5/c1-31-20-8-4-18(5-9-20)22-12-10-21(32-22)11-13-23(28)26-19-6-2-17(3-7-19)16-27-24(29)14-15-25(27)30/h2-10,12H,11,13-16H2,1H3,(H,26,28). The molecule has 0 spiro atoms. The van der Waals surface area contributed by atoms with E-state index in [0.717, 1.165) is 28.4 Å². The number of furan rings is 1. The zero-order valence-corrected chi connectivity index (χ0v) is 17.8. The Bertz CT molecular complexity index is 1100. The summed E-state index contributed by atoms with van der Waals surface area (Å²) in [5, 5.41) is 2.86. The minimum atomic E-state index is -0.138. The fraction of sp³-hybridized carbons (Fsp3) is 0.240. The molecule has 1 aliphatic rings. The van der Waals surface area contributed by atoms with E-state index in [1.54, 1.807) is 19.2 Å². The number of carbonyl (C=O) groups excluding carboxylic acids is 3. The smallest absolute Gasteiger partial charge is 0.229 e. The minimum absolute atomic E-state index is 0.120. The Balaban J connectivity index is 1.27. The average molecular weight is 432 g/mol. The highest BCUT2D eigenvalue weighted by atomic mass is 16.5. The van der Waals surface area contributed by atoms with Crippen LogP contribution in [0, 0.1) is 0 Å². The SMILES string of the molecule is COc1ccc(-c2ccc(CCC(=O)Nc3ccc(CN4C(=O)CCC4=O)cc3)o2)cc1. The predicted molar refractivity (Wildman–Crippen MR) is 119 cm³/mol. The van der Waals surface area contributed by atoms with E-state index in [2.05, 4.69) is 5.32 Å². The normalized spacial score (nSPS) is 13.5. The summed E-state index contributed by atoms with van der Waals surface area (Å²) in [6.07, 6.45) is 1.34. The average Bonchev–Trinajstić information content (AvgIpc) is 3.41. The quantitative estimate of drug-likeness (QED) is 0.540. The van der Waals surface area contributed by atoms with Crippen LogP contribution in [-0.4, -0.2) is 29.7 Å². The molecule has 0 aliphatic carbocycles. The number of methoxy groups -OCH3 is 1. The van der Waals surface area contributed by atoms with Crippen molar-refractivity contribution in [3.05, 3.63) is 72.0 Å². The maximum atomic E-state index is 12.3. The number of hydrogen-bond donors (Lipinski definition) is 1. The first-order valence-electron chi connectivity index (χ1n) is 10.5. The van der Waals surface area contributed by atoms with Crippen LogP contribution in [-0.2, 0) is 27.3 Å². The summed E-state index contributed by atoms with van der Waals surface area (Å²) in [6.45, 7) is 0.265. The monoisotopic (exact) mass is 432 g/mol. The number of imide groups is 1. The zero-order valence-electron chi connectivity index (χ0n) is 17.8. The number of carbonyl (C=O) groups is 3. The molecular weight excluding hydrogens is 408 g/mol. The molecule has 2 heterocycles. The molecule has 1 fully saturated rings. The molecule has 7 heteroatoms. The van der Waals surface area contributed by atoms with Gasteiger partial charge in [0.1, 0.15) is 17.3 Å². The summed E-state index contributed by atoms with van der Waals surface area (Å²) >= 11 is 0. The first-order chi connectivity index (χ1) is 15.5. The zero-order chi connectivity index (χ0) is 22.5. The largest absolute Gasteiger partial charge is 0.497 e. The summed E-state index contributed by atoms with van der Waals surface area (Å²) in [5.41, 5.74) is 2.45. The molecule has 0 atom stereocenters. The summed E-state index contributed by atoms with van der Waals surface area (Å²) < 4.78 is 11.0. The number of likely N-dealkylation sites (tertiary alicyclic amines) is 1. The number of ether oxygens (including phenoxy) is 1. The highest BCUT2D eigenvalue weighted by molar-refractivity contribution is 6.01. The molecule has 2 aromatic carbocycles. The van der Waals surface area contributed by atoms with Gasteiger partial charge in [0.05, 0.1) is 13.7 Å². The number of rotatable bonds is 8. The van der Waals surface area contributed by atoms with Crippen LogP contribution in [0.3, 0.4) is 0 Å². The van der Waals surface area contributed by atoms with E-state index in [1.807, 2.05) is 48.5 Å². The molecule has 4 rings (SSSR count). The van der Waals surface area contributed by atoms with Gasteiger partial charge in [0, 0.05) is 36.9 Å².